The second-order valence-electron chi connectivity index (χ2n) is 7.88. The van der Waals surface area contributed by atoms with E-state index in [1.54, 1.807) is 37.1 Å². The summed E-state index contributed by atoms with van der Waals surface area (Å²) in [7, 11) is 1.61. The zero-order valence-corrected chi connectivity index (χ0v) is 20.9. The standard InChI is InChI=1S/C25H26N2O5S2/c1-15(14-30-2)31-18-11-16(12-19(13-18)32-17-7-9-20(33-3)10-8-17)24(29)27-25-26-21-5-4-6-22(28)23(21)34-25/h7-13,15H,4-6,14H2,1-3H3,(H,26,27,29). The number of ketones is 1. The first kappa shape index (κ1) is 24.3. The highest BCUT2D eigenvalue weighted by molar-refractivity contribution is 7.98. The number of fused-ring (bicyclic) bond motifs is 1. The van der Waals surface area contributed by atoms with E-state index in [0.717, 1.165) is 23.4 Å². The molecule has 1 aliphatic carbocycles. The van der Waals surface area contributed by atoms with Crippen LogP contribution < -0.4 is 14.8 Å². The Morgan fingerprint density at radius 2 is 1.91 bits per heavy atom. The summed E-state index contributed by atoms with van der Waals surface area (Å²) in [5.41, 5.74) is 1.12. The van der Waals surface area contributed by atoms with Gasteiger partial charge in [0.1, 0.15) is 23.4 Å². The van der Waals surface area contributed by atoms with Gasteiger partial charge in [0, 0.05) is 30.1 Å². The lowest BCUT2D eigenvalue weighted by Gasteiger charge is -2.16. The summed E-state index contributed by atoms with van der Waals surface area (Å²) in [4.78, 5) is 31.4. The number of nitrogens with zero attached hydrogens (tertiary/aromatic N) is 1. The van der Waals surface area contributed by atoms with Crippen molar-refractivity contribution >= 4 is 39.9 Å². The third kappa shape index (κ3) is 5.97. The lowest BCUT2D eigenvalue weighted by Crippen LogP contribution is -2.18. The van der Waals surface area contributed by atoms with Gasteiger partial charge in [-0.05, 0) is 62.4 Å². The molecule has 7 nitrogen and oxygen atoms in total. The van der Waals surface area contributed by atoms with Crippen LogP contribution in [0.2, 0.25) is 0 Å². The molecule has 1 aromatic heterocycles. The minimum atomic E-state index is -0.356. The summed E-state index contributed by atoms with van der Waals surface area (Å²) < 4.78 is 17.1. The van der Waals surface area contributed by atoms with Gasteiger partial charge >= 0.3 is 0 Å². The van der Waals surface area contributed by atoms with Gasteiger partial charge in [0.25, 0.3) is 5.91 Å². The second-order valence-corrected chi connectivity index (χ2v) is 9.76. The third-order valence-corrected chi connectivity index (χ3v) is 6.96. The van der Waals surface area contributed by atoms with Gasteiger partial charge in [0.2, 0.25) is 0 Å². The molecule has 3 aromatic rings. The molecule has 1 N–H and O–H groups in total. The Morgan fingerprint density at radius 3 is 2.62 bits per heavy atom. The fraction of sp³-hybridized carbons (Fsp3) is 0.320. The molecule has 1 unspecified atom stereocenters. The van der Waals surface area contributed by atoms with E-state index in [1.807, 2.05) is 37.4 Å². The highest BCUT2D eigenvalue weighted by atomic mass is 32.2. The molecule has 4 rings (SSSR count). The number of anilines is 1. The van der Waals surface area contributed by atoms with E-state index in [4.69, 9.17) is 14.2 Å². The first-order chi connectivity index (χ1) is 16.4. The summed E-state index contributed by atoms with van der Waals surface area (Å²) in [6.07, 6.45) is 3.87. The number of hydrogen-bond donors (Lipinski definition) is 1. The van der Waals surface area contributed by atoms with E-state index in [-0.39, 0.29) is 17.8 Å². The predicted octanol–water partition coefficient (Wildman–Crippen LogP) is 5.84. The Bertz CT molecular complexity index is 1180. The van der Waals surface area contributed by atoms with E-state index in [0.29, 0.717) is 45.8 Å². The van der Waals surface area contributed by atoms with E-state index in [9.17, 15) is 9.59 Å². The van der Waals surface area contributed by atoms with Crippen molar-refractivity contribution in [2.45, 2.75) is 37.2 Å². The maximum Gasteiger partial charge on any atom is 0.257 e. The molecule has 0 fully saturated rings. The molecule has 1 amide bonds. The molecule has 9 heteroatoms. The predicted molar refractivity (Wildman–Crippen MR) is 134 cm³/mol. The number of carbonyl (C=O) groups is 2. The molecular weight excluding hydrogens is 472 g/mol. The Hall–Kier alpha value is -2.88. The number of hydrogen-bond acceptors (Lipinski definition) is 8. The fourth-order valence-corrected chi connectivity index (χ4v) is 4.98. The molecule has 0 saturated heterocycles. The zero-order chi connectivity index (χ0) is 24.1. The van der Waals surface area contributed by atoms with Crippen molar-refractivity contribution in [3.8, 4) is 17.2 Å². The molecule has 2 aromatic carbocycles. The normalized spacial score (nSPS) is 13.8. The van der Waals surface area contributed by atoms with Crippen molar-refractivity contribution in [3.05, 3.63) is 58.6 Å². The minimum absolute atomic E-state index is 0.0879. The summed E-state index contributed by atoms with van der Waals surface area (Å²) in [5, 5.41) is 3.24. The maximum atomic E-state index is 13.1. The van der Waals surface area contributed by atoms with Crippen molar-refractivity contribution in [1.29, 1.82) is 0 Å². The summed E-state index contributed by atoms with van der Waals surface area (Å²) in [6, 6.07) is 12.8. The van der Waals surface area contributed by atoms with Gasteiger partial charge in [0.15, 0.2) is 10.9 Å². The van der Waals surface area contributed by atoms with Crippen molar-refractivity contribution < 1.29 is 23.8 Å². The largest absolute Gasteiger partial charge is 0.488 e. The average molecular weight is 499 g/mol. The van der Waals surface area contributed by atoms with E-state index < -0.39 is 0 Å². The number of thioether (sulfide) groups is 1. The van der Waals surface area contributed by atoms with Crippen LogP contribution in [-0.2, 0) is 11.2 Å². The lowest BCUT2D eigenvalue weighted by molar-refractivity contribution is 0.0916. The molecule has 0 aliphatic heterocycles. The first-order valence-electron chi connectivity index (χ1n) is 10.9. The summed E-state index contributed by atoms with van der Waals surface area (Å²) in [5.74, 6) is 1.34. The fourth-order valence-electron chi connectivity index (χ4n) is 3.60. The Kier molecular flexibility index (Phi) is 7.87. The number of carbonyl (C=O) groups excluding carboxylic acids is 2. The molecule has 0 spiro atoms. The quantitative estimate of drug-likeness (QED) is 0.371. The van der Waals surface area contributed by atoms with Gasteiger partial charge in [-0.25, -0.2) is 4.98 Å². The average Bonchev–Trinajstić information content (AvgIpc) is 3.23. The van der Waals surface area contributed by atoms with Crippen molar-refractivity contribution in [1.82, 2.24) is 4.98 Å². The highest BCUT2D eigenvalue weighted by Gasteiger charge is 2.23. The van der Waals surface area contributed by atoms with Gasteiger partial charge in [-0.15, -0.1) is 11.8 Å². The SMILES string of the molecule is COCC(C)Oc1cc(Oc2ccc(SC)cc2)cc(C(=O)Nc2nc3c(s2)C(=O)CCC3)c1. The highest BCUT2D eigenvalue weighted by Crippen LogP contribution is 2.32. The first-order valence-corrected chi connectivity index (χ1v) is 13.0. The maximum absolute atomic E-state index is 13.1. The Morgan fingerprint density at radius 1 is 1.15 bits per heavy atom. The minimum Gasteiger partial charge on any atom is -0.488 e. The molecule has 1 heterocycles. The van der Waals surface area contributed by atoms with Crippen molar-refractivity contribution in [3.63, 3.8) is 0 Å². The summed E-state index contributed by atoms with van der Waals surface area (Å²) >= 11 is 2.87. The monoisotopic (exact) mass is 498 g/mol. The molecule has 0 bridgehead atoms. The molecule has 0 saturated carbocycles. The van der Waals surface area contributed by atoms with Crippen LogP contribution >= 0.6 is 23.1 Å². The number of benzene rings is 2. The van der Waals surface area contributed by atoms with Gasteiger partial charge in [-0.3, -0.25) is 14.9 Å². The van der Waals surface area contributed by atoms with Crippen LogP contribution in [0.15, 0.2) is 47.4 Å². The number of thiazole rings is 1. The number of aryl methyl sites for hydroxylation is 1. The molecule has 1 aliphatic rings. The van der Waals surface area contributed by atoms with Crippen LogP contribution in [0.25, 0.3) is 0 Å². The number of amides is 1. The lowest BCUT2D eigenvalue weighted by atomic mass is 10.0. The van der Waals surface area contributed by atoms with Crippen molar-refractivity contribution in [2.24, 2.45) is 0 Å². The van der Waals surface area contributed by atoms with Crippen LogP contribution in [0.1, 0.15) is 45.5 Å². The zero-order valence-electron chi connectivity index (χ0n) is 19.3. The van der Waals surface area contributed by atoms with Crippen LogP contribution in [0.5, 0.6) is 17.2 Å². The molecule has 0 radical (unpaired) electrons. The van der Waals surface area contributed by atoms with Gasteiger partial charge < -0.3 is 14.2 Å². The smallest absolute Gasteiger partial charge is 0.257 e. The van der Waals surface area contributed by atoms with Gasteiger partial charge in [0.05, 0.1) is 17.2 Å². The van der Waals surface area contributed by atoms with Crippen molar-refractivity contribution in [2.75, 3.05) is 25.3 Å². The Balaban J connectivity index is 1.58. The van der Waals surface area contributed by atoms with Crippen LogP contribution in [-0.4, -0.2) is 42.8 Å². The number of Topliss-reactive ketones (excluding diaryl/α,β-unsaturated/α-hetero) is 1. The number of ether oxygens (including phenoxy) is 3. The van der Waals surface area contributed by atoms with Crippen LogP contribution in [0.3, 0.4) is 0 Å². The molecule has 1 atom stereocenters. The van der Waals surface area contributed by atoms with E-state index in [1.165, 1.54) is 11.3 Å². The molecule has 178 valence electrons. The van der Waals surface area contributed by atoms with E-state index >= 15 is 0 Å². The Labute approximate surface area is 206 Å². The number of aromatic nitrogens is 1. The topological polar surface area (TPSA) is 86.8 Å². The van der Waals surface area contributed by atoms with Crippen LogP contribution in [0.4, 0.5) is 5.13 Å². The number of rotatable bonds is 9. The van der Waals surface area contributed by atoms with E-state index in [2.05, 4.69) is 10.3 Å². The van der Waals surface area contributed by atoms with Crippen LogP contribution in [0, 0.1) is 0 Å². The second kappa shape index (κ2) is 11.0. The number of nitrogens with one attached hydrogen (secondary N) is 1. The van der Waals surface area contributed by atoms with Gasteiger partial charge in [-0.1, -0.05) is 11.3 Å². The summed E-state index contributed by atoms with van der Waals surface area (Å²) in [6.45, 7) is 2.29. The van der Waals surface area contributed by atoms with Gasteiger partial charge in [-0.2, -0.15) is 0 Å². The molecule has 34 heavy (non-hydrogen) atoms. The third-order valence-electron chi connectivity index (χ3n) is 5.16. The molecular formula is C25H26N2O5S2. The number of methoxy groups -OCH3 is 1.